The molecule has 0 fully saturated rings. The molecule has 4 N–H and O–H groups in total. The second-order valence-corrected chi connectivity index (χ2v) is 4.24. The van der Waals surface area contributed by atoms with Crippen molar-refractivity contribution in [3.8, 4) is 0 Å². The topological polar surface area (TPSA) is 144 Å². The van der Waals surface area contributed by atoms with Gasteiger partial charge in [-0.15, -0.1) is 0 Å². The average molecular weight is 241 g/mol. The van der Waals surface area contributed by atoms with Crippen LogP contribution in [0.3, 0.4) is 0 Å². The third-order valence-electron chi connectivity index (χ3n) is 1.31. The van der Waals surface area contributed by atoms with Crippen LogP contribution < -0.4 is 5.73 Å². The van der Waals surface area contributed by atoms with Crippen LogP contribution in [0.1, 0.15) is 6.42 Å². The fourth-order valence-corrected chi connectivity index (χ4v) is 0.963. The largest absolute Gasteiger partial charge is 0.480 e. The van der Waals surface area contributed by atoms with Crippen LogP contribution in [0.15, 0.2) is 0 Å². The molecule has 9 heteroatoms. The third kappa shape index (κ3) is 7.85. The summed E-state index contributed by atoms with van der Waals surface area (Å²) in [6.07, 6.45) is -0.550. The number of hydrogen-bond donors (Lipinski definition) is 3. The maximum Gasteiger partial charge on any atom is 0.324 e. The Bertz CT molecular complexity index is 335. The Morgan fingerprint density at radius 1 is 1.40 bits per heavy atom. The highest BCUT2D eigenvalue weighted by molar-refractivity contribution is 7.85. The maximum atomic E-state index is 10.8. The number of nitrogens with two attached hydrogens (primary N) is 1. The van der Waals surface area contributed by atoms with Gasteiger partial charge in [0.25, 0.3) is 10.1 Å². The molecular weight excluding hydrogens is 230 g/mol. The van der Waals surface area contributed by atoms with Crippen LogP contribution in [0.5, 0.6) is 0 Å². The van der Waals surface area contributed by atoms with Crippen molar-refractivity contribution in [3.05, 3.63) is 0 Å². The Labute approximate surface area is 85.8 Å². The molecule has 0 aliphatic rings. The van der Waals surface area contributed by atoms with E-state index in [1.54, 1.807) is 0 Å². The van der Waals surface area contributed by atoms with E-state index >= 15 is 0 Å². The molecule has 0 saturated heterocycles. The number of ether oxygens (including phenoxy) is 1. The minimum Gasteiger partial charge on any atom is -0.480 e. The molecule has 1 unspecified atom stereocenters. The number of hydrogen-bond acceptors (Lipinski definition) is 6. The molecule has 0 aromatic heterocycles. The monoisotopic (exact) mass is 241 g/mol. The molecule has 88 valence electrons. The third-order valence-corrected chi connectivity index (χ3v) is 2.03. The molecule has 0 aromatic rings. The standard InChI is InChI=1S/C6H11NO7S/c7-4(6(9)10)3-14-5(8)1-2-15(11,12)13/h4H,1-3,7H2,(H,9,10)(H,11,12,13). The molecule has 8 nitrogen and oxygen atoms in total. The normalized spacial score (nSPS) is 13.2. The van der Waals surface area contributed by atoms with Crippen LogP contribution in [0, 0.1) is 0 Å². The van der Waals surface area contributed by atoms with Gasteiger partial charge in [-0.2, -0.15) is 8.42 Å². The minimum absolute atomic E-state index is 0.542. The fraction of sp³-hybridized carbons (Fsp3) is 0.667. The van der Waals surface area contributed by atoms with Gasteiger partial charge in [0.1, 0.15) is 12.6 Å². The molecule has 0 rings (SSSR count). The van der Waals surface area contributed by atoms with Gasteiger partial charge in [0.05, 0.1) is 12.2 Å². The number of carboxylic acid groups (broad SMARTS) is 1. The van der Waals surface area contributed by atoms with Gasteiger partial charge in [-0.1, -0.05) is 0 Å². The van der Waals surface area contributed by atoms with E-state index < -0.39 is 46.9 Å². The van der Waals surface area contributed by atoms with E-state index in [0.717, 1.165) is 0 Å². The molecule has 0 bridgehead atoms. The number of carbonyl (C=O) groups is 2. The summed E-state index contributed by atoms with van der Waals surface area (Å²) in [5.74, 6) is -3.05. The highest BCUT2D eigenvalue weighted by Gasteiger charge is 2.15. The molecule has 0 aliphatic carbocycles. The van der Waals surface area contributed by atoms with Crippen molar-refractivity contribution < 1.29 is 32.4 Å². The van der Waals surface area contributed by atoms with Crippen LogP contribution in [0.4, 0.5) is 0 Å². The van der Waals surface area contributed by atoms with Gasteiger partial charge in [-0.25, -0.2) is 0 Å². The lowest BCUT2D eigenvalue weighted by atomic mass is 10.3. The molecule has 0 amide bonds. The second kappa shape index (κ2) is 5.63. The van der Waals surface area contributed by atoms with E-state index in [9.17, 15) is 18.0 Å². The number of carbonyl (C=O) groups excluding carboxylic acids is 1. The van der Waals surface area contributed by atoms with Crippen molar-refractivity contribution in [3.63, 3.8) is 0 Å². The van der Waals surface area contributed by atoms with Gasteiger partial charge in [-0.05, 0) is 0 Å². The summed E-state index contributed by atoms with van der Waals surface area (Å²) < 4.78 is 33.0. The molecule has 0 saturated carbocycles. The Kier molecular flexibility index (Phi) is 5.19. The second-order valence-electron chi connectivity index (χ2n) is 2.66. The summed E-state index contributed by atoms with van der Waals surface area (Å²) in [7, 11) is -4.22. The first-order valence-electron chi connectivity index (χ1n) is 3.81. The predicted molar refractivity (Wildman–Crippen MR) is 47.6 cm³/mol. The van der Waals surface area contributed by atoms with Gasteiger partial charge in [0.15, 0.2) is 0 Å². The minimum atomic E-state index is -4.22. The molecule has 15 heavy (non-hydrogen) atoms. The van der Waals surface area contributed by atoms with Gasteiger partial charge >= 0.3 is 11.9 Å². The average Bonchev–Trinajstić information content (AvgIpc) is 2.09. The van der Waals surface area contributed by atoms with Gasteiger partial charge in [0.2, 0.25) is 0 Å². The highest BCUT2D eigenvalue weighted by atomic mass is 32.2. The lowest BCUT2D eigenvalue weighted by molar-refractivity contribution is -0.147. The zero-order chi connectivity index (χ0) is 12.1. The molecule has 0 heterocycles. The van der Waals surface area contributed by atoms with Crippen molar-refractivity contribution in [1.82, 2.24) is 0 Å². The molecule has 0 aliphatic heterocycles. The van der Waals surface area contributed by atoms with Crippen molar-refractivity contribution >= 4 is 22.1 Å². The Hall–Kier alpha value is -1.19. The maximum absolute atomic E-state index is 10.8. The first-order valence-corrected chi connectivity index (χ1v) is 5.42. The number of carboxylic acids is 1. The van der Waals surface area contributed by atoms with Crippen LogP contribution in [-0.2, 0) is 24.4 Å². The fourth-order valence-electron chi connectivity index (χ4n) is 0.538. The lowest BCUT2D eigenvalue weighted by Crippen LogP contribution is -2.35. The smallest absolute Gasteiger partial charge is 0.324 e. The molecule has 0 radical (unpaired) electrons. The Morgan fingerprint density at radius 2 is 1.93 bits per heavy atom. The summed E-state index contributed by atoms with van der Waals surface area (Å²) >= 11 is 0. The van der Waals surface area contributed by atoms with Crippen LogP contribution in [0.25, 0.3) is 0 Å². The molecule has 0 spiro atoms. The van der Waals surface area contributed by atoms with Crippen molar-refractivity contribution in [2.75, 3.05) is 12.4 Å². The summed E-state index contributed by atoms with van der Waals surface area (Å²) in [6, 6.07) is -1.35. The first-order chi connectivity index (χ1) is 6.72. The zero-order valence-corrected chi connectivity index (χ0v) is 8.44. The van der Waals surface area contributed by atoms with Crippen LogP contribution in [0.2, 0.25) is 0 Å². The van der Waals surface area contributed by atoms with Crippen LogP contribution in [-0.4, -0.2) is 48.4 Å². The zero-order valence-electron chi connectivity index (χ0n) is 7.62. The Morgan fingerprint density at radius 3 is 2.33 bits per heavy atom. The summed E-state index contributed by atoms with van der Waals surface area (Å²) in [5.41, 5.74) is 5.00. The van der Waals surface area contributed by atoms with Gasteiger partial charge in [0, 0.05) is 0 Å². The SMILES string of the molecule is NC(COC(=O)CCS(=O)(=O)O)C(=O)O. The molecule has 1 atom stereocenters. The number of rotatable bonds is 6. The van der Waals surface area contributed by atoms with E-state index in [1.807, 2.05) is 0 Å². The molecular formula is C6H11NO7S. The van der Waals surface area contributed by atoms with Crippen molar-refractivity contribution in [2.45, 2.75) is 12.5 Å². The van der Waals surface area contributed by atoms with E-state index in [0.29, 0.717) is 0 Å². The van der Waals surface area contributed by atoms with Crippen molar-refractivity contribution in [2.24, 2.45) is 5.73 Å². The first kappa shape index (κ1) is 13.8. The quantitative estimate of drug-likeness (QED) is 0.365. The summed E-state index contributed by atoms with van der Waals surface area (Å²) in [4.78, 5) is 20.9. The van der Waals surface area contributed by atoms with Gasteiger partial charge < -0.3 is 15.6 Å². The summed E-state index contributed by atoms with van der Waals surface area (Å²) in [6.45, 7) is -0.542. The number of aliphatic carboxylic acids is 1. The molecule has 0 aromatic carbocycles. The number of esters is 1. The summed E-state index contributed by atoms with van der Waals surface area (Å²) in [5, 5.41) is 8.30. The van der Waals surface area contributed by atoms with E-state index in [1.165, 1.54) is 0 Å². The Balaban J connectivity index is 3.82. The van der Waals surface area contributed by atoms with E-state index in [2.05, 4.69) is 4.74 Å². The lowest BCUT2D eigenvalue weighted by Gasteiger charge is -2.07. The van der Waals surface area contributed by atoms with Crippen molar-refractivity contribution in [1.29, 1.82) is 0 Å². The van der Waals surface area contributed by atoms with E-state index in [4.69, 9.17) is 15.4 Å². The predicted octanol–water partition coefficient (Wildman–Crippen LogP) is -1.78. The highest BCUT2D eigenvalue weighted by Crippen LogP contribution is 1.93. The van der Waals surface area contributed by atoms with E-state index in [-0.39, 0.29) is 0 Å². The van der Waals surface area contributed by atoms with Gasteiger partial charge in [-0.3, -0.25) is 14.1 Å². The van der Waals surface area contributed by atoms with Crippen LogP contribution >= 0.6 is 0 Å².